The van der Waals surface area contributed by atoms with E-state index >= 15 is 0 Å². The summed E-state index contributed by atoms with van der Waals surface area (Å²) in [5.41, 5.74) is 3.59. The van der Waals surface area contributed by atoms with Gasteiger partial charge in [-0.3, -0.25) is 0 Å². The van der Waals surface area contributed by atoms with Crippen LogP contribution in [0.2, 0.25) is 0 Å². The molecule has 0 spiro atoms. The topological polar surface area (TPSA) is 48.5 Å². The van der Waals surface area contributed by atoms with E-state index in [4.69, 9.17) is 4.98 Å². The van der Waals surface area contributed by atoms with Gasteiger partial charge < -0.3 is 9.13 Å². The van der Waals surface area contributed by atoms with Crippen molar-refractivity contribution in [3.8, 4) is 11.3 Å². The maximum absolute atomic E-state index is 4.77. The number of hydrogen-bond donors (Lipinski definition) is 0. The van der Waals surface area contributed by atoms with Gasteiger partial charge >= 0.3 is 0 Å². The Labute approximate surface area is 148 Å². The van der Waals surface area contributed by atoms with Gasteiger partial charge in [-0.15, -0.1) is 10.2 Å². The van der Waals surface area contributed by atoms with Crippen LogP contribution >= 0.6 is 0 Å². The molecule has 0 N–H and O–H groups in total. The molecule has 3 heterocycles. The predicted octanol–water partition coefficient (Wildman–Crippen LogP) is 4.04. The van der Waals surface area contributed by atoms with E-state index in [2.05, 4.69) is 63.5 Å². The average Bonchev–Trinajstić information content (AvgIpc) is 3.33. The Kier molecular flexibility index (Phi) is 4.38. The van der Waals surface area contributed by atoms with Crippen molar-refractivity contribution in [2.24, 2.45) is 0 Å². The Balaban J connectivity index is 1.73. The van der Waals surface area contributed by atoms with E-state index in [1.165, 1.54) is 24.1 Å². The summed E-state index contributed by atoms with van der Waals surface area (Å²) in [5.74, 6) is 2.64. The lowest BCUT2D eigenvalue weighted by Gasteiger charge is -2.16. The number of rotatable bonds is 6. The highest BCUT2D eigenvalue weighted by Crippen LogP contribution is 2.31. The number of imidazole rings is 1. The van der Waals surface area contributed by atoms with Crippen molar-refractivity contribution in [3.05, 3.63) is 54.0 Å². The summed E-state index contributed by atoms with van der Waals surface area (Å²) in [6.45, 7) is 6.33. The van der Waals surface area contributed by atoms with E-state index in [0.29, 0.717) is 5.92 Å². The number of aromatic nitrogens is 5. The highest BCUT2D eigenvalue weighted by Gasteiger charge is 2.22. The van der Waals surface area contributed by atoms with Gasteiger partial charge in [-0.25, -0.2) is 4.98 Å². The molecule has 1 aliphatic heterocycles. The van der Waals surface area contributed by atoms with Gasteiger partial charge in [0.1, 0.15) is 5.82 Å². The second-order valence-electron chi connectivity index (χ2n) is 6.95. The molecule has 1 atom stereocenters. The summed E-state index contributed by atoms with van der Waals surface area (Å²) in [6.07, 6.45) is 6.52. The third-order valence-electron chi connectivity index (χ3n) is 5.11. The molecule has 25 heavy (non-hydrogen) atoms. The van der Waals surface area contributed by atoms with Crippen LogP contribution in [0.1, 0.15) is 56.4 Å². The van der Waals surface area contributed by atoms with Gasteiger partial charge in [0, 0.05) is 24.2 Å². The summed E-state index contributed by atoms with van der Waals surface area (Å²) in [7, 11) is 0. The van der Waals surface area contributed by atoms with Crippen LogP contribution in [0.3, 0.4) is 0 Å². The number of fused-ring (bicyclic) bond motifs is 1. The van der Waals surface area contributed by atoms with Crippen molar-refractivity contribution >= 4 is 0 Å². The quantitative estimate of drug-likeness (QED) is 0.683. The Morgan fingerprint density at radius 3 is 2.80 bits per heavy atom. The van der Waals surface area contributed by atoms with Crippen LogP contribution in [-0.2, 0) is 19.5 Å². The van der Waals surface area contributed by atoms with Gasteiger partial charge in [-0.2, -0.15) is 0 Å². The van der Waals surface area contributed by atoms with Crippen molar-refractivity contribution in [1.82, 2.24) is 24.3 Å². The van der Waals surface area contributed by atoms with Crippen molar-refractivity contribution in [2.75, 3.05) is 0 Å². The van der Waals surface area contributed by atoms with Crippen molar-refractivity contribution in [2.45, 2.75) is 58.5 Å². The SMILES string of the molecule is CCC[C@H](C)c1c(-c2ccccc2)ncn1Cc1nnc2n1CCC2. The van der Waals surface area contributed by atoms with Gasteiger partial charge in [0.15, 0.2) is 5.82 Å². The lowest BCUT2D eigenvalue weighted by atomic mass is 9.97. The largest absolute Gasteiger partial charge is 0.326 e. The lowest BCUT2D eigenvalue weighted by Crippen LogP contribution is -2.11. The highest BCUT2D eigenvalue weighted by atomic mass is 15.3. The van der Waals surface area contributed by atoms with Crippen LogP contribution in [0, 0.1) is 0 Å². The fraction of sp³-hybridized carbons (Fsp3) is 0.450. The molecule has 0 amide bonds. The molecule has 3 aromatic rings. The molecular formula is C20H25N5. The van der Waals surface area contributed by atoms with Crippen molar-refractivity contribution in [3.63, 3.8) is 0 Å². The van der Waals surface area contributed by atoms with Gasteiger partial charge in [0.05, 0.1) is 18.6 Å². The fourth-order valence-corrected chi connectivity index (χ4v) is 3.90. The van der Waals surface area contributed by atoms with Gasteiger partial charge in [-0.1, -0.05) is 50.6 Å². The molecule has 1 aliphatic rings. The summed E-state index contributed by atoms with van der Waals surface area (Å²) >= 11 is 0. The van der Waals surface area contributed by atoms with E-state index < -0.39 is 0 Å². The van der Waals surface area contributed by atoms with Crippen LogP contribution in [0.5, 0.6) is 0 Å². The third kappa shape index (κ3) is 2.99. The molecule has 130 valence electrons. The zero-order chi connectivity index (χ0) is 17.2. The molecule has 2 aromatic heterocycles. The molecule has 0 aliphatic carbocycles. The number of nitrogens with zero attached hydrogens (tertiary/aromatic N) is 5. The van der Waals surface area contributed by atoms with Crippen LogP contribution in [0.4, 0.5) is 0 Å². The minimum atomic E-state index is 0.462. The Morgan fingerprint density at radius 2 is 2.00 bits per heavy atom. The van der Waals surface area contributed by atoms with Crippen LogP contribution in [0.25, 0.3) is 11.3 Å². The first-order valence-electron chi connectivity index (χ1n) is 9.29. The summed E-state index contributed by atoms with van der Waals surface area (Å²) in [4.78, 5) is 4.77. The summed E-state index contributed by atoms with van der Waals surface area (Å²) in [6, 6.07) is 10.5. The van der Waals surface area contributed by atoms with Gasteiger partial charge in [0.25, 0.3) is 0 Å². The predicted molar refractivity (Wildman–Crippen MR) is 98.4 cm³/mol. The molecule has 0 unspecified atom stereocenters. The first-order chi connectivity index (χ1) is 12.3. The van der Waals surface area contributed by atoms with Crippen LogP contribution in [-0.4, -0.2) is 24.3 Å². The summed E-state index contributed by atoms with van der Waals surface area (Å²) in [5, 5.41) is 8.77. The van der Waals surface area contributed by atoms with Crippen molar-refractivity contribution in [1.29, 1.82) is 0 Å². The number of aryl methyl sites for hydroxylation is 1. The van der Waals surface area contributed by atoms with Gasteiger partial charge in [-0.05, 0) is 18.8 Å². The third-order valence-corrected chi connectivity index (χ3v) is 5.11. The highest BCUT2D eigenvalue weighted by molar-refractivity contribution is 5.62. The molecule has 0 radical (unpaired) electrons. The molecule has 5 heteroatoms. The minimum absolute atomic E-state index is 0.462. The molecule has 0 bridgehead atoms. The molecule has 1 aromatic carbocycles. The van der Waals surface area contributed by atoms with Gasteiger partial charge in [0.2, 0.25) is 0 Å². The Morgan fingerprint density at radius 1 is 1.16 bits per heavy atom. The summed E-state index contributed by atoms with van der Waals surface area (Å²) < 4.78 is 4.55. The first kappa shape index (κ1) is 16.1. The molecule has 4 rings (SSSR count). The van der Waals surface area contributed by atoms with E-state index in [1.54, 1.807) is 0 Å². The van der Waals surface area contributed by atoms with E-state index in [9.17, 15) is 0 Å². The second-order valence-corrected chi connectivity index (χ2v) is 6.95. The molecule has 0 saturated carbocycles. The monoisotopic (exact) mass is 335 g/mol. The van der Waals surface area contributed by atoms with E-state index in [1.807, 2.05) is 6.33 Å². The maximum atomic E-state index is 4.77. The van der Waals surface area contributed by atoms with E-state index in [0.717, 1.165) is 43.3 Å². The smallest absolute Gasteiger partial charge is 0.153 e. The normalized spacial score (nSPS) is 14.6. The average molecular weight is 335 g/mol. The van der Waals surface area contributed by atoms with Crippen molar-refractivity contribution < 1.29 is 0 Å². The number of hydrogen-bond acceptors (Lipinski definition) is 3. The fourth-order valence-electron chi connectivity index (χ4n) is 3.90. The van der Waals surface area contributed by atoms with E-state index in [-0.39, 0.29) is 0 Å². The number of benzene rings is 1. The molecule has 0 fully saturated rings. The zero-order valence-corrected chi connectivity index (χ0v) is 15.0. The standard InChI is InChI=1S/C20H25N5/c1-3-8-15(2)20-19(16-9-5-4-6-10-16)21-14-24(20)13-18-23-22-17-11-7-12-25(17)18/h4-6,9-10,14-15H,3,7-8,11-13H2,1-2H3/t15-/m0/s1. The Bertz CT molecular complexity index is 846. The van der Waals surface area contributed by atoms with Crippen LogP contribution in [0.15, 0.2) is 36.7 Å². The van der Waals surface area contributed by atoms with Crippen LogP contribution < -0.4 is 0 Å². The molecule has 5 nitrogen and oxygen atoms in total. The lowest BCUT2D eigenvalue weighted by molar-refractivity contribution is 0.581. The second kappa shape index (κ2) is 6.82. The first-order valence-corrected chi connectivity index (χ1v) is 9.29. The molecule has 0 saturated heterocycles. The zero-order valence-electron chi connectivity index (χ0n) is 15.0. The minimum Gasteiger partial charge on any atom is -0.326 e. The molecular weight excluding hydrogens is 310 g/mol. The Hall–Kier alpha value is -2.43. The maximum Gasteiger partial charge on any atom is 0.153 e.